The van der Waals surface area contributed by atoms with Gasteiger partial charge in [0.1, 0.15) is 12.2 Å². The number of aromatic nitrogens is 3. The fraction of sp³-hybridized carbons (Fsp3) is 0.375. The Hall–Kier alpha value is -2.90. The first-order valence-electron chi connectivity index (χ1n) is 7.89. The Morgan fingerprint density at radius 1 is 1.25 bits per heavy atom. The van der Waals surface area contributed by atoms with Crippen LogP contribution >= 0.6 is 0 Å². The fourth-order valence-electron chi connectivity index (χ4n) is 2.15. The van der Waals surface area contributed by atoms with Crippen molar-refractivity contribution in [1.82, 2.24) is 25.4 Å². The van der Waals surface area contributed by atoms with E-state index in [0.29, 0.717) is 12.5 Å². The van der Waals surface area contributed by atoms with E-state index in [4.69, 9.17) is 0 Å². The van der Waals surface area contributed by atoms with Crippen molar-refractivity contribution >= 4 is 17.6 Å². The number of anilines is 1. The van der Waals surface area contributed by atoms with Crippen molar-refractivity contribution in [2.45, 2.75) is 19.9 Å². The maximum absolute atomic E-state index is 11.9. The van der Waals surface area contributed by atoms with Gasteiger partial charge in [-0.3, -0.25) is 9.79 Å². The number of nitrogens with one attached hydrogen (secondary N) is 3. The first-order valence-corrected chi connectivity index (χ1v) is 7.89. The van der Waals surface area contributed by atoms with Crippen LogP contribution in [0.2, 0.25) is 0 Å². The molecule has 2 aromatic rings. The summed E-state index contributed by atoms with van der Waals surface area (Å²) >= 11 is 0. The van der Waals surface area contributed by atoms with Gasteiger partial charge in [-0.05, 0) is 12.1 Å². The summed E-state index contributed by atoms with van der Waals surface area (Å²) in [6.07, 6.45) is 2.55. The lowest BCUT2D eigenvalue weighted by Crippen LogP contribution is -2.42. The van der Waals surface area contributed by atoms with E-state index in [2.05, 4.69) is 31.1 Å². The average molecular weight is 329 g/mol. The maximum Gasteiger partial charge on any atom is 0.243 e. The van der Waals surface area contributed by atoms with Crippen molar-refractivity contribution in [2.75, 3.05) is 25.5 Å². The number of hydrogen-bond donors (Lipinski definition) is 3. The molecule has 2 rings (SSSR count). The van der Waals surface area contributed by atoms with Gasteiger partial charge < -0.3 is 20.5 Å². The summed E-state index contributed by atoms with van der Waals surface area (Å²) in [5.41, 5.74) is 0.770. The average Bonchev–Trinajstić information content (AvgIpc) is 3.06. The molecule has 1 amide bonds. The van der Waals surface area contributed by atoms with Crippen molar-refractivity contribution in [1.29, 1.82) is 0 Å². The number of aryl methyl sites for hydroxylation is 1. The molecule has 0 saturated carbocycles. The molecule has 1 aromatic carbocycles. The van der Waals surface area contributed by atoms with Crippen LogP contribution in [0.5, 0.6) is 0 Å². The van der Waals surface area contributed by atoms with E-state index in [1.807, 2.05) is 41.8 Å². The fourth-order valence-corrected chi connectivity index (χ4v) is 2.15. The second kappa shape index (κ2) is 9.29. The Kier molecular flexibility index (Phi) is 6.75. The monoisotopic (exact) mass is 329 g/mol. The van der Waals surface area contributed by atoms with Crippen LogP contribution in [-0.4, -0.2) is 46.8 Å². The zero-order valence-electron chi connectivity index (χ0n) is 14.0. The molecule has 0 saturated heterocycles. The number of para-hydroxylation sites is 1. The van der Waals surface area contributed by atoms with E-state index < -0.39 is 0 Å². The standard InChI is InChI=1S/C16H23N7O/c1-3-14-22-20-12-23(14)10-9-18-16(17-2)19-11-15(24)21-13-7-5-4-6-8-13/h4-8,12H,3,9-11H2,1-2H3,(H,21,24)(H2,17,18,19). The molecule has 0 radical (unpaired) electrons. The highest BCUT2D eigenvalue weighted by Crippen LogP contribution is 2.03. The lowest BCUT2D eigenvalue weighted by Gasteiger charge is -2.12. The van der Waals surface area contributed by atoms with E-state index >= 15 is 0 Å². The smallest absolute Gasteiger partial charge is 0.243 e. The zero-order chi connectivity index (χ0) is 17.2. The minimum absolute atomic E-state index is 0.128. The number of rotatable bonds is 7. The summed E-state index contributed by atoms with van der Waals surface area (Å²) in [5.74, 6) is 1.39. The Morgan fingerprint density at radius 2 is 2.04 bits per heavy atom. The summed E-state index contributed by atoms with van der Waals surface area (Å²) in [6, 6.07) is 9.34. The number of benzene rings is 1. The lowest BCUT2D eigenvalue weighted by atomic mass is 10.3. The number of carbonyl (C=O) groups is 1. The minimum Gasteiger partial charge on any atom is -0.355 e. The van der Waals surface area contributed by atoms with Crippen molar-refractivity contribution < 1.29 is 4.79 Å². The van der Waals surface area contributed by atoms with E-state index in [-0.39, 0.29) is 12.5 Å². The number of nitrogens with zero attached hydrogens (tertiary/aromatic N) is 4. The van der Waals surface area contributed by atoms with Crippen molar-refractivity contribution in [3.05, 3.63) is 42.5 Å². The van der Waals surface area contributed by atoms with Gasteiger partial charge in [0.15, 0.2) is 5.96 Å². The molecule has 8 heteroatoms. The lowest BCUT2D eigenvalue weighted by molar-refractivity contribution is -0.115. The van der Waals surface area contributed by atoms with Gasteiger partial charge in [-0.1, -0.05) is 25.1 Å². The Labute approximate surface area is 141 Å². The third kappa shape index (κ3) is 5.38. The molecule has 0 atom stereocenters. The van der Waals surface area contributed by atoms with Crippen LogP contribution < -0.4 is 16.0 Å². The molecule has 0 aliphatic heterocycles. The first-order chi connectivity index (χ1) is 11.7. The number of aliphatic imine (C=N–C) groups is 1. The molecule has 1 aromatic heterocycles. The van der Waals surface area contributed by atoms with Gasteiger partial charge in [-0.25, -0.2) is 0 Å². The van der Waals surface area contributed by atoms with Gasteiger partial charge in [0.05, 0.1) is 6.54 Å². The second-order valence-corrected chi connectivity index (χ2v) is 5.06. The highest BCUT2D eigenvalue weighted by atomic mass is 16.1. The summed E-state index contributed by atoms with van der Waals surface area (Å²) < 4.78 is 1.99. The molecule has 0 fully saturated rings. The molecule has 3 N–H and O–H groups in total. The largest absolute Gasteiger partial charge is 0.355 e. The van der Waals surface area contributed by atoms with Crippen LogP contribution in [0.15, 0.2) is 41.7 Å². The topological polar surface area (TPSA) is 96.2 Å². The predicted molar refractivity (Wildman–Crippen MR) is 93.8 cm³/mol. The summed E-state index contributed by atoms with van der Waals surface area (Å²) in [4.78, 5) is 16.0. The highest BCUT2D eigenvalue weighted by molar-refractivity contribution is 5.94. The predicted octanol–water partition coefficient (Wildman–Crippen LogP) is 0.644. The van der Waals surface area contributed by atoms with Crippen LogP contribution in [-0.2, 0) is 17.8 Å². The SMILES string of the molecule is CCc1nncn1CCNC(=NC)NCC(=O)Nc1ccccc1. The van der Waals surface area contributed by atoms with E-state index in [9.17, 15) is 4.79 Å². The number of carbonyl (C=O) groups excluding carboxylic acids is 1. The summed E-state index contributed by atoms with van der Waals surface area (Å²) in [7, 11) is 1.67. The van der Waals surface area contributed by atoms with Crippen LogP contribution in [0, 0.1) is 0 Å². The van der Waals surface area contributed by atoms with Gasteiger partial charge in [-0.2, -0.15) is 0 Å². The molecule has 128 valence electrons. The van der Waals surface area contributed by atoms with Gasteiger partial charge in [0.25, 0.3) is 0 Å². The van der Waals surface area contributed by atoms with Crippen LogP contribution in [0.1, 0.15) is 12.7 Å². The highest BCUT2D eigenvalue weighted by Gasteiger charge is 2.05. The summed E-state index contributed by atoms with van der Waals surface area (Å²) in [5, 5.41) is 16.9. The third-order valence-corrected chi connectivity index (χ3v) is 3.35. The maximum atomic E-state index is 11.9. The second-order valence-electron chi connectivity index (χ2n) is 5.06. The Bertz CT molecular complexity index is 666. The molecule has 24 heavy (non-hydrogen) atoms. The number of amides is 1. The van der Waals surface area contributed by atoms with E-state index in [1.54, 1.807) is 13.4 Å². The zero-order valence-corrected chi connectivity index (χ0v) is 14.0. The van der Waals surface area contributed by atoms with Crippen molar-refractivity contribution in [2.24, 2.45) is 4.99 Å². The van der Waals surface area contributed by atoms with Crippen molar-refractivity contribution in [3.8, 4) is 0 Å². The van der Waals surface area contributed by atoms with E-state index in [1.165, 1.54) is 0 Å². The molecule has 1 heterocycles. The minimum atomic E-state index is -0.128. The molecular weight excluding hydrogens is 306 g/mol. The number of hydrogen-bond acceptors (Lipinski definition) is 4. The molecule has 0 aliphatic rings. The van der Waals surface area contributed by atoms with Crippen molar-refractivity contribution in [3.63, 3.8) is 0 Å². The quantitative estimate of drug-likeness (QED) is 0.512. The molecule has 0 aliphatic carbocycles. The van der Waals surface area contributed by atoms with Gasteiger partial charge in [0, 0.05) is 32.2 Å². The summed E-state index contributed by atoms with van der Waals surface area (Å²) in [6.45, 7) is 3.57. The number of guanidine groups is 1. The van der Waals surface area contributed by atoms with Gasteiger partial charge in [0.2, 0.25) is 5.91 Å². The first kappa shape index (κ1) is 17.5. The van der Waals surface area contributed by atoms with Gasteiger partial charge in [-0.15, -0.1) is 10.2 Å². The normalized spacial score (nSPS) is 11.2. The molecule has 0 bridgehead atoms. The van der Waals surface area contributed by atoms with Crippen LogP contribution in [0.25, 0.3) is 0 Å². The molecule has 0 spiro atoms. The molecular formula is C16H23N7O. The van der Waals surface area contributed by atoms with Crippen LogP contribution in [0.4, 0.5) is 5.69 Å². The van der Waals surface area contributed by atoms with Gasteiger partial charge >= 0.3 is 0 Å². The molecule has 8 nitrogen and oxygen atoms in total. The Morgan fingerprint density at radius 3 is 2.75 bits per heavy atom. The molecule has 0 unspecified atom stereocenters. The third-order valence-electron chi connectivity index (χ3n) is 3.35. The Balaban J connectivity index is 1.71. The van der Waals surface area contributed by atoms with Crippen LogP contribution in [0.3, 0.4) is 0 Å². The van der Waals surface area contributed by atoms with E-state index in [0.717, 1.165) is 24.5 Å².